The van der Waals surface area contributed by atoms with Crippen LogP contribution < -0.4 is 4.46 Å². The zero-order valence-electron chi connectivity index (χ0n) is 12.9. The molecule has 4 nitrogen and oxygen atoms in total. The fourth-order valence-electron chi connectivity index (χ4n) is 2.38. The summed E-state index contributed by atoms with van der Waals surface area (Å²) in [5.74, 6) is -0.0115. The molecule has 0 saturated carbocycles. The molecule has 0 bridgehead atoms. The molecule has 1 saturated heterocycles. The maximum atomic E-state index is 12.7. The van der Waals surface area contributed by atoms with Crippen molar-refractivity contribution < 1.29 is 9.59 Å². The predicted octanol–water partition coefficient (Wildman–Crippen LogP) is 2.05. The second kappa shape index (κ2) is 8.16. The number of unbranched alkanes of at least 4 members (excludes halogenated alkanes) is 1. The van der Waals surface area contributed by atoms with E-state index in [1.165, 1.54) is 9.36 Å². The van der Waals surface area contributed by atoms with Gasteiger partial charge in [-0.25, -0.2) is 0 Å². The average molecular weight is 365 g/mol. The number of hydrogen-bond donors (Lipinski definition) is 0. The van der Waals surface area contributed by atoms with Gasteiger partial charge in [0.25, 0.3) is 0 Å². The third-order valence-electron chi connectivity index (χ3n) is 3.54. The molecule has 1 aromatic rings. The van der Waals surface area contributed by atoms with Crippen LogP contribution in [0.1, 0.15) is 19.8 Å². The van der Waals surface area contributed by atoms with Crippen LogP contribution in [0.25, 0.3) is 0 Å². The Bertz CT molecular complexity index is 533. The molecule has 1 aromatic carbocycles. The number of hydrogen-bond acceptors (Lipinski definition) is 2. The van der Waals surface area contributed by atoms with Crippen molar-refractivity contribution in [3.63, 3.8) is 0 Å². The molecule has 0 aromatic heterocycles. The first-order chi connectivity index (χ1) is 10.7. The summed E-state index contributed by atoms with van der Waals surface area (Å²) in [5.41, 5.74) is 0. The second-order valence-electron chi connectivity index (χ2n) is 5.24. The van der Waals surface area contributed by atoms with E-state index in [0.29, 0.717) is 19.6 Å². The Labute approximate surface area is 138 Å². The quantitative estimate of drug-likeness (QED) is 0.548. The minimum absolute atomic E-state index is 0.0115. The average Bonchev–Trinajstić information content (AvgIpc) is 2.53. The van der Waals surface area contributed by atoms with Gasteiger partial charge in [0.2, 0.25) is 0 Å². The Kier molecular flexibility index (Phi) is 6.22. The van der Waals surface area contributed by atoms with Crippen LogP contribution in [-0.2, 0) is 4.79 Å². The summed E-state index contributed by atoms with van der Waals surface area (Å²) in [5, 5.41) is 0. The molecule has 1 heterocycles. The summed E-state index contributed by atoms with van der Waals surface area (Å²) in [6.45, 7) is 7.29. The van der Waals surface area contributed by atoms with Gasteiger partial charge in [-0.2, -0.15) is 0 Å². The minimum atomic E-state index is -0.168. The molecule has 22 heavy (non-hydrogen) atoms. The Morgan fingerprint density at radius 1 is 1.32 bits per heavy atom. The molecular formula is C17H22N2O2Se. The monoisotopic (exact) mass is 366 g/mol. The first kappa shape index (κ1) is 16.8. The van der Waals surface area contributed by atoms with Gasteiger partial charge in [-0.15, -0.1) is 0 Å². The van der Waals surface area contributed by atoms with Crippen molar-refractivity contribution in [2.24, 2.45) is 0 Å². The molecule has 0 radical (unpaired) electrons. The normalized spacial score (nSPS) is 18.7. The van der Waals surface area contributed by atoms with Crippen molar-refractivity contribution in [3.05, 3.63) is 43.0 Å². The molecule has 1 unspecified atom stereocenters. The van der Waals surface area contributed by atoms with E-state index in [1.807, 2.05) is 18.2 Å². The standard InChI is InChI=1S/C17H22N2O2Se/c1-3-5-12-19-16(20)15(13-18(11-4-2)17(19)21)22-14-9-7-6-8-10-14/h4,6-10,15H,2-3,5,11-13H2,1H3. The van der Waals surface area contributed by atoms with Crippen LogP contribution in [0.4, 0.5) is 4.79 Å². The van der Waals surface area contributed by atoms with Gasteiger partial charge in [0, 0.05) is 0 Å². The summed E-state index contributed by atoms with van der Waals surface area (Å²) < 4.78 is 1.19. The van der Waals surface area contributed by atoms with E-state index in [-0.39, 0.29) is 31.7 Å². The van der Waals surface area contributed by atoms with Crippen molar-refractivity contribution >= 4 is 31.4 Å². The fourth-order valence-corrected chi connectivity index (χ4v) is 4.74. The number of carbonyl (C=O) groups is 2. The number of carbonyl (C=O) groups excluding carboxylic acids is 2. The van der Waals surface area contributed by atoms with Crippen LogP contribution in [0, 0.1) is 0 Å². The number of benzene rings is 1. The SMILES string of the molecule is C=CCN1CC([Se]c2ccccc2)C(=O)N(CCCC)C1=O. The van der Waals surface area contributed by atoms with Gasteiger partial charge in [-0.1, -0.05) is 0 Å². The van der Waals surface area contributed by atoms with E-state index in [0.717, 1.165) is 12.8 Å². The van der Waals surface area contributed by atoms with E-state index in [1.54, 1.807) is 11.0 Å². The van der Waals surface area contributed by atoms with Crippen molar-refractivity contribution in [1.82, 2.24) is 9.80 Å². The van der Waals surface area contributed by atoms with Gasteiger partial charge in [-0.3, -0.25) is 0 Å². The fraction of sp³-hybridized carbons (Fsp3) is 0.412. The Morgan fingerprint density at radius 3 is 2.68 bits per heavy atom. The Balaban J connectivity index is 2.15. The maximum absolute atomic E-state index is 12.7. The Morgan fingerprint density at radius 2 is 2.05 bits per heavy atom. The van der Waals surface area contributed by atoms with E-state index in [9.17, 15) is 9.59 Å². The third kappa shape index (κ3) is 3.99. The van der Waals surface area contributed by atoms with Crippen LogP contribution in [0.5, 0.6) is 0 Å². The molecule has 0 N–H and O–H groups in total. The summed E-state index contributed by atoms with van der Waals surface area (Å²) in [7, 11) is 0. The van der Waals surface area contributed by atoms with Gasteiger partial charge in [-0.05, 0) is 0 Å². The van der Waals surface area contributed by atoms with Crippen molar-refractivity contribution in [3.8, 4) is 0 Å². The topological polar surface area (TPSA) is 40.6 Å². The van der Waals surface area contributed by atoms with Gasteiger partial charge in [0.15, 0.2) is 0 Å². The summed E-state index contributed by atoms with van der Waals surface area (Å²) >= 11 is 0.0307. The molecule has 1 fully saturated rings. The van der Waals surface area contributed by atoms with Crippen molar-refractivity contribution in [2.75, 3.05) is 19.6 Å². The van der Waals surface area contributed by atoms with Gasteiger partial charge in [0.05, 0.1) is 0 Å². The zero-order valence-corrected chi connectivity index (χ0v) is 14.6. The summed E-state index contributed by atoms with van der Waals surface area (Å²) in [4.78, 5) is 28.1. The number of nitrogens with zero attached hydrogens (tertiary/aromatic N) is 2. The third-order valence-corrected chi connectivity index (χ3v) is 6.01. The van der Waals surface area contributed by atoms with Gasteiger partial charge >= 0.3 is 138 Å². The zero-order chi connectivity index (χ0) is 15.9. The molecule has 2 rings (SSSR count). The van der Waals surface area contributed by atoms with Gasteiger partial charge in [0.1, 0.15) is 0 Å². The molecule has 1 aliphatic rings. The van der Waals surface area contributed by atoms with Crippen LogP contribution in [0.2, 0.25) is 4.82 Å². The molecule has 118 valence electrons. The molecule has 3 amide bonds. The second-order valence-corrected chi connectivity index (χ2v) is 7.92. The Hall–Kier alpha value is -1.58. The van der Waals surface area contributed by atoms with E-state index < -0.39 is 0 Å². The molecule has 1 atom stereocenters. The first-order valence-corrected chi connectivity index (χ1v) is 9.44. The van der Waals surface area contributed by atoms with E-state index >= 15 is 0 Å². The van der Waals surface area contributed by atoms with Crippen LogP contribution in [0.15, 0.2) is 43.0 Å². The van der Waals surface area contributed by atoms with E-state index in [2.05, 4.69) is 25.6 Å². The van der Waals surface area contributed by atoms with Gasteiger partial charge < -0.3 is 0 Å². The molecule has 5 heteroatoms. The number of amides is 3. The molecule has 0 aliphatic carbocycles. The predicted molar refractivity (Wildman–Crippen MR) is 89.4 cm³/mol. The van der Waals surface area contributed by atoms with Crippen LogP contribution in [0.3, 0.4) is 0 Å². The van der Waals surface area contributed by atoms with Crippen LogP contribution in [-0.4, -0.2) is 56.3 Å². The molecular weight excluding hydrogens is 343 g/mol. The number of rotatable bonds is 7. The number of urea groups is 1. The summed E-state index contributed by atoms with van der Waals surface area (Å²) in [6, 6.07) is 9.90. The number of imide groups is 1. The van der Waals surface area contributed by atoms with E-state index in [4.69, 9.17) is 0 Å². The van der Waals surface area contributed by atoms with Crippen LogP contribution >= 0.6 is 0 Å². The first-order valence-electron chi connectivity index (χ1n) is 7.60. The summed E-state index contributed by atoms with van der Waals surface area (Å²) in [6.07, 6.45) is 3.54. The molecule has 1 aliphatic heterocycles. The van der Waals surface area contributed by atoms with Crippen molar-refractivity contribution in [1.29, 1.82) is 0 Å². The molecule has 0 spiro atoms. The van der Waals surface area contributed by atoms with Crippen molar-refractivity contribution in [2.45, 2.75) is 24.6 Å².